The van der Waals surface area contributed by atoms with E-state index in [1.165, 1.54) is 22.2 Å². The summed E-state index contributed by atoms with van der Waals surface area (Å²) in [6.07, 6.45) is 0.118. The van der Waals surface area contributed by atoms with Crippen molar-refractivity contribution in [2.75, 3.05) is 12.4 Å². The number of hydrogen-bond acceptors (Lipinski definition) is 4. The van der Waals surface area contributed by atoms with Crippen molar-refractivity contribution in [3.63, 3.8) is 0 Å². The molecular weight excluding hydrogens is 382 g/mol. The number of aryl methyl sites for hydroxylation is 2. The molecule has 5 nitrogen and oxygen atoms in total. The Morgan fingerprint density at radius 1 is 1.17 bits per heavy atom. The van der Waals surface area contributed by atoms with Crippen molar-refractivity contribution in [3.8, 4) is 0 Å². The van der Waals surface area contributed by atoms with E-state index in [4.69, 9.17) is 0 Å². The fourth-order valence-corrected chi connectivity index (χ4v) is 4.24. The molecule has 1 aliphatic heterocycles. The van der Waals surface area contributed by atoms with Crippen LogP contribution in [0.1, 0.15) is 42.9 Å². The number of amidine groups is 1. The number of amides is 2. The quantitative estimate of drug-likeness (QED) is 0.754. The van der Waals surface area contributed by atoms with Gasteiger partial charge >= 0.3 is 0 Å². The summed E-state index contributed by atoms with van der Waals surface area (Å²) < 4.78 is 0. The Hall–Kier alpha value is -2.60. The summed E-state index contributed by atoms with van der Waals surface area (Å²) in [6.45, 7) is 8.23. The zero-order chi connectivity index (χ0) is 21.1. The summed E-state index contributed by atoms with van der Waals surface area (Å²) in [6, 6.07) is 14.0. The molecule has 29 heavy (non-hydrogen) atoms. The number of anilines is 1. The van der Waals surface area contributed by atoms with Crippen molar-refractivity contribution in [2.24, 2.45) is 4.99 Å². The second-order valence-electron chi connectivity index (χ2n) is 7.72. The van der Waals surface area contributed by atoms with E-state index in [9.17, 15) is 9.59 Å². The van der Waals surface area contributed by atoms with E-state index in [1.807, 2.05) is 44.2 Å². The number of nitrogens with one attached hydrogen (secondary N) is 1. The second kappa shape index (κ2) is 8.82. The van der Waals surface area contributed by atoms with Gasteiger partial charge in [-0.3, -0.25) is 14.5 Å². The lowest BCUT2D eigenvalue weighted by molar-refractivity contribution is -0.127. The van der Waals surface area contributed by atoms with Crippen LogP contribution in [0.4, 0.5) is 11.4 Å². The SMILES string of the molecule is Cc1ccc(C)c(NC(=O)C[C@@H]2SC(=Nc3ccc(C(C)C)cc3)N(C)C2=O)c1. The van der Waals surface area contributed by atoms with Gasteiger partial charge in [0.2, 0.25) is 11.8 Å². The average Bonchev–Trinajstić information content (AvgIpc) is 2.93. The van der Waals surface area contributed by atoms with Crippen molar-refractivity contribution in [3.05, 3.63) is 59.2 Å². The highest BCUT2D eigenvalue weighted by atomic mass is 32.2. The standard InChI is InChI=1S/C23H27N3O2S/c1-14(2)17-8-10-18(11-9-17)24-23-26(5)22(28)20(29-23)13-21(27)25-19-12-15(3)6-7-16(19)4/h6-12,14,20H,13H2,1-5H3,(H,25,27)/t20-/m0/s1. The largest absolute Gasteiger partial charge is 0.326 e. The van der Waals surface area contributed by atoms with E-state index < -0.39 is 5.25 Å². The first kappa shape index (κ1) is 21.1. The van der Waals surface area contributed by atoms with Crippen molar-refractivity contribution in [1.29, 1.82) is 0 Å². The second-order valence-corrected chi connectivity index (χ2v) is 8.88. The normalized spacial score (nSPS) is 18.0. The predicted octanol–water partition coefficient (Wildman–Crippen LogP) is 5.02. The smallest absolute Gasteiger partial charge is 0.242 e. The lowest BCUT2D eigenvalue weighted by Crippen LogP contribution is -2.30. The van der Waals surface area contributed by atoms with Crippen LogP contribution >= 0.6 is 11.8 Å². The molecule has 2 aromatic carbocycles. The number of benzene rings is 2. The predicted molar refractivity (Wildman–Crippen MR) is 121 cm³/mol. The monoisotopic (exact) mass is 409 g/mol. The van der Waals surface area contributed by atoms with Crippen LogP contribution in [-0.4, -0.2) is 34.2 Å². The first-order valence-electron chi connectivity index (χ1n) is 9.74. The van der Waals surface area contributed by atoms with Gasteiger partial charge in [0.25, 0.3) is 0 Å². The van der Waals surface area contributed by atoms with Crippen LogP contribution in [0.5, 0.6) is 0 Å². The van der Waals surface area contributed by atoms with E-state index in [0.29, 0.717) is 11.1 Å². The van der Waals surface area contributed by atoms with Gasteiger partial charge in [0.15, 0.2) is 5.17 Å². The van der Waals surface area contributed by atoms with Gasteiger partial charge in [0.05, 0.1) is 5.69 Å². The van der Waals surface area contributed by atoms with Gasteiger partial charge in [-0.2, -0.15) is 0 Å². The van der Waals surface area contributed by atoms with Crippen LogP contribution in [0.25, 0.3) is 0 Å². The highest BCUT2D eigenvalue weighted by Crippen LogP contribution is 2.31. The van der Waals surface area contributed by atoms with Gasteiger partial charge in [-0.25, -0.2) is 4.99 Å². The van der Waals surface area contributed by atoms with Gasteiger partial charge in [0.1, 0.15) is 5.25 Å². The third-order valence-corrected chi connectivity index (χ3v) is 6.19. The number of carbonyl (C=O) groups is 2. The maximum atomic E-state index is 12.6. The number of hydrogen-bond donors (Lipinski definition) is 1. The Bertz CT molecular complexity index is 951. The van der Waals surface area contributed by atoms with Gasteiger partial charge in [-0.05, 0) is 54.7 Å². The summed E-state index contributed by atoms with van der Waals surface area (Å²) in [4.78, 5) is 31.3. The highest BCUT2D eigenvalue weighted by molar-refractivity contribution is 8.15. The molecule has 152 valence electrons. The van der Waals surface area contributed by atoms with E-state index in [0.717, 1.165) is 22.5 Å². The molecule has 0 unspecified atom stereocenters. The van der Waals surface area contributed by atoms with Crippen molar-refractivity contribution >= 4 is 40.1 Å². The molecule has 0 aliphatic carbocycles. The molecule has 1 fully saturated rings. The minimum atomic E-state index is -0.459. The summed E-state index contributed by atoms with van der Waals surface area (Å²) in [5.41, 5.74) is 4.92. The molecule has 1 saturated heterocycles. The molecule has 3 rings (SSSR count). The molecule has 0 saturated carbocycles. The van der Waals surface area contributed by atoms with Gasteiger partial charge < -0.3 is 5.32 Å². The molecule has 1 heterocycles. The Balaban J connectivity index is 1.68. The number of aliphatic imine (C=N–C) groups is 1. The Morgan fingerprint density at radius 3 is 2.52 bits per heavy atom. The van der Waals surface area contributed by atoms with Gasteiger partial charge in [0, 0.05) is 19.2 Å². The highest BCUT2D eigenvalue weighted by Gasteiger charge is 2.37. The number of carbonyl (C=O) groups excluding carboxylic acids is 2. The maximum Gasteiger partial charge on any atom is 0.242 e. The molecule has 0 spiro atoms. The summed E-state index contributed by atoms with van der Waals surface area (Å²) in [5, 5.41) is 3.09. The van der Waals surface area contributed by atoms with Crippen LogP contribution in [0.15, 0.2) is 47.5 Å². The summed E-state index contributed by atoms with van der Waals surface area (Å²) in [5.74, 6) is 0.200. The first-order chi connectivity index (χ1) is 13.7. The zero-order valence-electron chi connectivity index (χ0n) is 17.5. The van der Waals surface area contributed by atoms with E-state index in [-0.39, 0.29) is 18.2 Å². The van der Waals surface area contributed by atoms with Crippen LogP contribution in [0, 0.1) is 13.8 Å². The third-order valence-electron chi connectivity index (χ3n) is 4.96. The van der Waals surface area contributed by atoms with Crippen LogP contribution in [-0.2, 0) is 9.59 Å². The number of nitrogens with zero attached hydrogens (tertiary/aromatic N) is 2. The Kier molecular flexibility index (Phi) is 6.42. The summed E-state index contributed by atoms with van der Waals surface area (Å²) >= 11 is 1.34. The molecule has 1 N–H and O–H groups in total. The molecule has 0 aromatic heterocycles. The molecular formula is C23H27N3O2S. The van der Waals surface area contributed by atoms with Crippen LogP contribution < -0.4 is 5.32 Å². The minimum absolute atomic E-state index is 0.0938. The molecule has 6 heteroatoms. The molecule has 0 bridgehead atoms. The fraction of sp³-hybridized carbons (Fsp3) is 0.348. The Labute approximate surface area is 176 Å². The number of thioether (sulfide) groups is 1. The van der Waals surface area contributed by atoms with E-state index >= 15 is 0 Å². The lowest BCUT2D eigenvalue weighted by Gasteiger charge is -2.11. The zero-order valence-corrected chi connectivity index (χ0v) is 18.3. The molecule has 1 atom stereocenters. The topological polar surface area (TPSA) is 61.8 Å². The lowest BCUT2D eigenvalue weighted by atomic mass is 10.0. The van der Waals surface area contributed by atoms with Gasteiger partial charge in [-0.15, -0.1) is 0 Å². The van der Waals surface area contributed by atoms with Crippen LogP contribution in [0.3, 0.4) is 0 Å². The van der Waals surface area contributed by atoms with E-state index in [1.54, 1.807) is 7.05 Å². The summed E-state index contributed by atoms with van der Waals surface area (Å²) in [7, 11) is 1.71. The minimum Gasteiger partial charge on any atom is -0.326 e. The van der Waals surface area contributed by atoms with Crippen molar-refractivity contribution in [1.82, 2.24) is 4.90 Å². The van der Waals surface area contributed by atoms with Crippen LogP contribution in [0.2, 0.25) is 0 Å². The third kappa shape index (κ3) is 5.07. The maximum absolute atomic E-state index is 12.6. The van der Waals surface area contributed by atoms with Crippen molar-refractivity contribution < 1.29 is 9.59 Å². The van der Waals surface area contributed by atoms with Gasteiger partial charge in [-0.1, -0.05) is 49.9 Å². The molecule has 0 radical (unpaired) electrons. The molecule has 2 amide bonds. The first-order valence-corrected chi connectivity index (χ1v) is 10.6. The fourth-order valence-electron chi connectivity index (χ4n) is 3.08. The van der Waals surface area contributed by atoms with E-state index in [2.05, 4.69) is 36.3 Å². The number of rotatable bonds is 5. The Morgan fingerprint density at radius 2 is 1.86 bits per heavy atom. The van der Waals surface area contributed by atoms with Crippen molar-refractivity contribution in [2.45, 2.75) is 45.3 Å². The molecule has 2 aromatic rings. The average molecular weight is 410 g/mol. The molecule has 1 aliphatic rings.